The number of ether oxygens (including phenoxy) is 1. The molecule has 17 heavy (non-hydrogen) atoms. The summed E-state index contributed by atoms with van der Waals surface area (Å²) in [4.78, 5) is 22.3. The molecule has 3 rings (SSSR count). The molecule has 1 aromatic carbocycles. The molecule has 2 fully saturated rings. The average Bonchev–Trinajstić information content (AvgIpc) is 2.32. The number of fused-ring (bicyclic) bond motifs is 1. The van der Waals surface area contributed by atoms with Crippen molar-refractivity contribution in [2.45, 2.75) is 31.2 Å². The minimum Gasteiger partial charge on any atom is -0.341 e. The first-order chi connectivity index (χ1) is 8.21. The molecular weight excluding hydrogens is 220 g/mol. The molecule has 0 amide bonds. The van der Waals surface area contributed by atoms with Gasteiger partial charge in [-0.15, -0.1) is 0 Å². The van der Waals surface area contributed by atoms with E-state index in [0.29, 0.717) is 13.0 Å². The molecule has 0 aliphatic carbocycles. The fraction of sp³-hybridized carbons (Fsp3) is 0.462. The Kier molecular flexibility index (Phi) is 2.33. The third-order valence-electron chi connectivity index (χ3n) is 3.53. The largest absolute Gasteiger partial charge is 0.341 e. The maximum Gasteiger partial charge on any atom is 0.267 e. The summed E-state index contributed by atoms with van der Waals surface area (Å²) in [6, 6.07) is 9.50. The van der Waals surface area contributed by atoms with E-state index in [4.69, 9.17) is 14.5 Å². The van der Waals surface area contributed by atoms with E-state index in [1.165, 1.54) is 6.92 Å². The SMILES string of the molecule is CC(=O)C12CCCOC1(c1ccccc1)OO2. The van der Waals surface area contributed by atoms with Gasteiger partial charge in [-0.2, -0.15) is 4.89 Å². The first-order valence-corrected chi connectivity index (χ1v) is 5.79. The molecular formula is C13H14O4. The second-order valence-electron chi connectivity index (χ2n) is 4.48. The summed E-state index contributed by atoms with van der Waals surface area (Å²) < 4.78 is 5.75. The van der Waals surface area contributed by atoms with Crippen molar-refractivity contribution in [2.24, 2.45) is 0 Å². The van der Waals surface area contributed by atoms with Crippen molar-refractivity contribution in [3.05, 3.63) is 35.9 Å². The summed E-state index contributed by atoms with van der Waals surface area (Å²) >= 11 is 0. The zero-order chi connectivity index (χ0) is 11.9. The fourth-order valence-electron chi connectivity index (χ4n) is 2.59. The number of benzene rings is 1. The number of carbonyl (C=O) groups excluding carboxylic acids is 1. The molecule has 0 aromatic heterocycles. The number of hydrogen-bond acceptors (Lipinski definition) is 4. The van der Waals surface area contributed by atoms with E-state index in [2.05, 4.69) is 0 Å². The van der Waals surface area contributed by atoms with Gasteiger partial charge in [0.1, 0.15) is 0 Å². The topological polar surface area (TPSA) is 44.8 Å². The molecule has 2 aliphatic heterocycles. The Bertz CT molecular complexity index is 444. The lowest BCUT2D eigenvalue weighted by Crippen LogP contribution is -2.71. The number of ketones is 1. The van der Waals surface area contributed by atoms with Gasteiger partial charge >= 0.3 is 0 Å². The lowest BCUT2D eigenvalue weighted by Gasteiger charge is -2.56. The number of hydrogen-bond donors (Lipinski definition) is 0. The van der Waals surface area contributed by atoms with Crippen LogP contribution in [0.15, 0.2) is 30.3 Å². The van der Waals surface area contributed by atoms with Crippen molar-refractivity contribution in [2.75, 3.05) is 6.61 Å². The molecule has 2 atom stereocenters. The van der Waals surface area contributed by atoms with Crippen LogP contribution in [-0.2, 0) is 25.1 Å². The number of carbonyl (C=O) groups is 1. The highest BCUT2D eigenvalue weighted by Gasteiger charge is 2.70. The molecule has 2 heterocycles. The van der Waals surface area contributed by atoms with Crippen LogP contribution in [-0.4, -0.2) is 18.0 Å². The summed E-state index contributed by atoms with van der Waals surface area (Å²) in [5, 5.41) is 0. The molecule has 0 radical (unpaired) electrons. The Morgan fingerprint density at radius 2 is 2.00 bits per heavy atom. The van der Waals surface area contributed by atoms with E-state index < -0.39 is 11.4 Å². The first-order valence-electron chi connectivity index (χ1n) is 5.79. The van der Waals surface area contributed by atoms with Gasteiger partial charge in [-0.1, -0.05) is 30.3 Å². The molecule has 4 heteroatoms. The van der Waals surface area contributed by atoms with E-state index in [1.54, 1.807) is 0 Å². The minimum absolute atomic E-state index is 0.0488. The van der Waals surface area contributed by atoms with Gasteiger partial charge in [0, 0.05) is 5.56 Å². The molecule has 0 saturated carbocycles. The Hall–Kier alpha value is -1.23. The fourth-order valence-corrected chi connectivity index (χ4v) is 2.59. The maximum atomic E-state index is 11.9. The quantitative estimate of drug-likeness (QED) is 0.733. The van der Waals surface area contributed by atoms with Crippen LogP contribution in [0.2, 0.25) is 0 Å². The van der Waals surface area contributed by atoms with Crippen LogP contribution in [0.25, 0.3) is 0 Å². The zero-order valence-corrected chi connectivity index (χ0v) is 9.64. The number of rotatable bonds is 2. The Labute approximate surface area is 99.4 Å². The Morgan fingerprint density at radius 1 is 1.24 bits per heavy atom. The second-order valence-corrected chi connectivity index (χ2v) is 4.48. The van der Waals surface area contributed by atoms with E-state index in [-0.39, 0.29) is 5.78 Å². The standard InChI is InChI=1S/C13H14O4/c1-10(14)12-8-5-9-15-13(12,17-16-12)11-6-3-2-4-7-11/h2-4,6-7H,5,8-9H2,1H3. The maximum absolute atomic E-state index is 11.9. The lowest BCUT2D eigenvalue weighted by molar-refractivity contribution is -0.615. The first kappa shape index (κ1) is 10.9. The highest BCUT2D eigenvalue weighted by molar-refractivity contribution is 5.87. The Balaban J connectivity index is 2.08. The van der Waals surface area contributed by atoms with Crippen molar-refractivity contribution in [3.8, 4) is 0 Å². The van der Waals surface area contributed by atoms with Crippen molar-refractivity contribution in [1.29, 1.82) is 0 Å². The summed E-state index contributed by atoms with van der Waals surface area (Å²) in [7, 11) is 0. The van der Waals surface area contributed by atoms with Crippen molar-refractivity contribution >= 4 is 5.78 Å². The normalized spacial score (nSPS) is 35.8. The van der Waals surface area contributed by atoms with Crippen molar-refractivity contribution < 1.29 is 19.3 Å². The molecule has 2 aliphatic rings. The molecule has 2 saturated heterocycles. The lowest BCUT2D eigenvalue weighted by atomic mass is 9.77. The van der Waals surface area contributed by atoms with Crippen molar-refractivity contribution in [1.82, 2.24) is 0 Å². The summed E-state index contributed by atoms with van der Waals surface area (Å²) in [5.41, 5.74) is -0.131. The average molecular weight is 234 g/mol. The van der Waals surface area contributed by atoms with Crippen LogP contribution in [0, 0.1) is 0 Å². The van der Waals surface area contributed by atoms with E-state index >= 15 is 0 Å². The second kappa shape index (κ2) is 3.63. The smallest absolute Gasteiger partial charge is 0.267 e. The third kappa shape index (κ3) is 1.26. The van der Waals surface area contributed by atoms with Gasteiger partial charge in [-0.05, 0) is 19.8 Å². The molecule has 2 unspecified atom stereocenters. The van der Waals surface area contributed by atoms with Crippen LogP contribution in [0.1, 0.15) is 25.3 Å². The molecule has 90 valence electrons. The van der Waals surface area contributed by atoms with E-state index in [1.807, 2.05) is 30.3 Å². The summed E-state index contributed by atoms with van der Waals surface area (Å²) in [5.74, 6) is -1.09. The van der Waals surface area contributed by atoms with Gasteiger partial charge in [0.15, 0.2) is 5.78 Å². The minimum atomic E-state index is -1.04. The summed E-state index contributed by atoms with van der Waals surface area (Å²) in [6.07, 6.45) is 1.44. The monoisotopic (exact) mass is 234 g/mol. The van der Waals surface area contributed by atoms with Gasteiger partial charge in [-0.25, -0.2) is 4.89 Å². The van der Waals surface area contributed by atoms with Crippen LogP contribution in [0.4, 0.5) is 0 Å². The van der Waals surface area contributed by atoms with Crippen LogP contribution >= 0.6 is 0 Å². The number of Topliss-reactive ketones (excluding diaryl/α,β-unsaturated/α-hetero) is 1. The van der Waals surface area contributed by atoms with Gasteiger partial charge < -0.3 is 4.74 Å². The summed E-state index contributed by atoms with van der Waals surface area (Å²) in [6.45, 7) is 2.10. The van der Waals surface area contributed by atoms with Crippen LogP contribution in [0.3, 0.4) is 0 Å². The van der Waals surface area contributed by atoms with Crippen LogP contribution < -0.4 is 0 Å². The predicted octanol–water partition coefficient (Wildman–Crippen LogP) is 1.94. The molecule has 1 aromatic rings. The van der Waals surface area contributed by atoms with Gasteiger partial charge in [0.05, 0.1) is 6.61 Å². The Morgan fingerprint density at radius 3 is 2.59 bits per heavy atom. The predicted molar refractivity (Wildman–Crippen MR) is 58.9 cm³/mol. The molecule has 0 N–H and O–H groups in total. The molecule has 0 bridgehead atoms. The van der Waals surface area contributed by atoms with Gasteiger partial charge in [0.2, 0.25) is 5.60 Å². The van der Waals surface area contributed by atoms with E-state index in [0.717, 1.165) is 12.0 Å². The van der Waals surface area contributed by atoms with E-state index in [9.17, 15) is 4.79 Å². The van der Waals surface area contributed by atoms with Crippen molar-refractivity contribution in [3.63, 3.8) is 0 Å². The van der Waals surface area contributed by atoms with Crippen LogP contribution in [0.5, 0.6) is 0 Å². The highest BCUT2D eigenvalue weighted by Crippen LogP contribution is 2.54. The van der Waals surface area contributed by atoms with Gasteiger partial charge in [-0.3, -0.25) is 4.79 Å². The van der Waals surface area contributed by atoms with Gasteiger partial charge in [0.25, 0.3) is 5.79 Å². The zero-order valence-electron chi connectivity index (χ0n) is 9.64. The molecule has 0 spiro atoms. The molecule has 4 nitrogen and oxygen atoms in total. The third-order valence-corrected chi connectivity index (χ3v) is 3.53. The highest BCUT2D eigenvalue weighted by atomic mass is 17.3.